The van der Waals surface area contributed by atoms with E-state index in [0.29, 0.717) is 13.0 Å². The third kappa shape index (κ3) is 28.6. The lowest BCUT2D eigenvalue weighted by molar-refractivity contribution is -0.220. The number of hydrogen-bond acceptors (Lipinski definition) is 11. The molecule has 0 radical (unpaired) electrons. The fourth-order valence-corrected chi connectivity index (χ4v) is 8.32. The van der Waals surface area contributed by atoms with Crippen molar-refractivity contribution in [1.82, 2.24) is 0 Å². The van der Waals surface area contributed by atoms with Crippen LogP contribution in [0.15, 0.2) is 12.2 Å². The maximum atomic E-state index is 12.8. The number of ether oxygens (including phenoxy) is 2. The Balaban J connectivity index is 2.38. The molecule has 12 nitrogen and oxygen atoms in total. The highest BCUT2D eigenvalue weighted by Gasteiger charge is 2.51. The lowest BCUT2D eigenvalue weighted by Gasteiger charge is -2.41. The molecule has 0 amide bonds. The minimum absolute atomic E-state index is 0.0727. The molecule has 58 heavy (non-hydrogen) atoms. The fraction of sp³-hybridized carbons (Fsp3) is 0.933. The Labute approximate surface area is 352 Å². The lowest BCUT2D eigenvalue weighted by atomic mass is 9.85. The summed E-state index contributed by atoms with van der Waals surface area (Å²) >= 11 is 0. The molecule has 1 saturated carbocycles. The zero-order valence-electron chi connectivity index (χ0n) is 36.6. The van der Waals surface area contributed by atoms with E-state index in [1.54, 1.807) is 0 Å². The molecule has 1 aliphatic rings. The Morgan fingerprint density at radius 1 is 0.534 bits per heavy atom. The largest absolute Gasteiger partial charge is 0.472 e. The monoisotopic (exact) mass is 851 g/mol. The molecule has 1 aliphatic carbocycles. The highest BCUT2D eigenvalue weighted by atomic mass is 31.2. The third-order valence-electron chi connectivity index (χ3n) is 11.1. The van der Waals surface area contributed by atoms with E-state index in [0.717, 1.165) is 44.9 Å². The lowest BCUT2D eigenvalue weighted by Crippen LogP contribution is -2.64. The van der Waals surface area contributed by atoms with E-state index in [9.17, 15) is 39.8 Å². The van der Waals surface area contributed by atoms with E-state index in [-0.39, 0.29) is 13.0 Å². The van der Waals surface area contributed by atoms with E-state index in [1.807, 2.05) is 0 Å². The van der Waals surface area contributed by atoms with Crippen molar-refractivity contribution in [2.24, 2.45) is 0 Å². The zero-order valence-corrected chi connectivity index (χ0v) is 37.5. The Morgan fingerprint density at radius 3 is 1.36 bits per heavy atom. The van der Waals surface area contributed by atoms with Crippen molar-refractivity contribution < 1.29 is 58.3 Å². The van der Waals surface area contributed by atoms with Crippen LogP contribution in [0.5, 0.6) is 0 Å². The van der Waals surface area contributed by atoms with Crippen molar-refractivity contribution in [3.8, 4) is 0 Å². The van der Waals surface area contributed by atoms with E-state index in [2.05, 4.69) is 26.0 Å². The molecular formula is C45H87O12P. The van der Waals surface area contributed by atoms with Gasteiger partial charge in [0.25, 0.3) is 0 Å². The molecule has 6 N–H and O–H groups in total. The summed E-state index contributed by atoms with van der Waals surface area (Å²) < 4.78 is 34.2. The van der Waals surface area contributed by atoms with Crippen molar-refractivity contribution in [2.45, 2.75) is 249 Å². The van der Waals surface area contributed by atoms with E-state index >= 15 is 0 Å². The van der Waals surface area contributed by atoms with Crippen molar-refractivity contribution in [3.63, 3.8) is 0 Å². The average molecular weight is 851 g/mol. The second-order valence-electron chi connectivity index (χ2n) is 16.6. The topological polar surface area (TPSA) is 192 Å². The van der Waals surface area contributed by atoms with Crippen molar-refractivity contribution in [3.05, 3.63) is 12.2 Å². The summed E-state index contributed by atoms with van der Waals surface area (Å²) in [6, 6.07) is 0. The van der Waals surface area contributed by atoms with Crippen LogP contribution in [0, 0.1) is 0 Å². The van der Waals surface area contributed by atoms with Crippen molar-refractivity contribution in [1.29, 1.82) is 0 Å². The summed E-state index contributed by atoms with van der Waals surface area (Å²) in [4.78, 5) is 23.1. The normalized spacial score (nSPS) is 22.7. The SMILES string of the molecule is CCCCCCCC/C=C\CCCCCCCCCC(=O)O[C@H](COCCCCCCCCCCCCCCCC)COP(=O)(O)OC1C(O)C(O)C(O)[C@@H](O)C1O. The zero-order chi connectivity index (χ0) is 42.7. The Hall–Kier alpha value is -0.920. The number of aliphatic hydroxyl groups is 5. The van der Waals surface area contributed by atoms with Gasteiger partial charge < -0.3 is 39.9 Å². The molecule has 8 atom stereocenters. The van der Waals surface area contributed by atoms with Gasteiger partial charge in [-0.05, 0) is 38.5 Å². The number of unbranched alkanes of at least 4 members (excludes halogenated alkanes) is 26. The number of phosphoric ester groups is 1. The number of hydrogen-bond donors (Lipinski definition) is 6. The molecule has 0 bridgehead atoms. The third-order valence-corrected chi connectivity index (χ3v) is 12.1. The number of carbonyl (C=O) groups excluding carboxylic acids is 1. The first kappa shape index (κ1) is 55.1. The standard InChI is InChI=1S/C45H87O12P/c1-3-5-7-9-11-13-15-17-19-20-21-22-24-26-28-30-32-34-39(46)56-38(36-54-35-33-31-29-27-25-23-18-16-14-12-10-8-6-4-2)37-55-58(52,53)57-45-43(50)41(48)40(47)42(49)44(45)51/h17,19,38,40-45,47-51H,3-16,18,20-37H2,1-2H3,(H,52,53)/b19-17-/t38-,40?,41-,42?,43?,44?,45?/m1/s1. The molecule has 0 aliphatic heterocycles. The molecule has 1 rings (SSSR count). The Bertz CT molecular complexity index is 1020. The van der Waals surface area contributed by atoms with Gasteiger partial charge >= 0.3 is 13.8 Å². The molecule has 0 saturated heterocycles. The first-order valence-electron chi connectivity index (χ1n) is 23.5. The van der Waals surface area contributed by atoms with Crippen LogP contribution in [0.4, 0.5) is 0 Å². The van der Waals surface area contributed by atoms with Crippen LogP contribution in [0.3, 0.4) is 0 Å². The molecule has 0 aromatic carbocycles. The maximum absolute atomic E-state index is 12.8. The predicted octanol–water partition coefficient (Wildman–Crippen LogP) is 9.53. The Kier molecular flexibility index (Phi) is 34.9. The Morgan fingerprint density at radius 2 is 0.914 bits per heavy atom. The summed E-state index contributed by atoms with van der Waals surface area (Å²) in [7, 11) is -5.01. The van der Waals surface area contributed by atoms with Crippen LogP contribution in [0.2, 0.25) is 0 Å². The number of esters is 1. The van der Waals surface area contributed by atoms with Gasteiger partial charge in [0.05, 0.1) is 13.2 Å². The van der Waals surface area contributed by atoms with Crippen molar-refractivity contribution in [2.75, 3.05) is 19.8 Å². The second-order valence-corrected chi connectivity index (χ2v) is 18.0. The molecule has 0 heterocycles. The molecule has 1 fully saturated rings. The molecular weight excluding hydrogens is 763 g/mol. The smallest absolute Gasteiger partial charge is 0.457 e. The van der Waals surface area contributed by atoms with Gasteiger partial charge in [-0.15, -0.1) is 0 Å². The predicted molar refractivity (Wildman–Crippen MR) is 230 cm³/mol. The van der Waals surface area contributed by atoms with Gasteiger partial charge in [0.15, 0.2) is 0 Å². The molecule has 13 heteroatoms. The average Bonchev–Trinajstić information content (AvgIpc) is 3.21. The van der Waals surface area contributed by atoms with Crippen molar-refractivity contribution >= 4 is 13.8 Å². The molecule has 0 spiro atoms. The second kappa shape index (κ2) is 36.7. The minimum atomic E-state index is -5.01. The molecule has 0 aromatic rings. The number of allylic oxidation sites excluding steroid dienone is 2. The van der Waals surface area contributed by atoms with Gasteiger partial charge in [0.2, 0.25) is 0 Å². The highest BCUT2D eigenvalue weighted by molar-refractivity contribution is 7.47. The first-order valence-corrected chi connectivity index (χ1v) is 25.0. The summed E-state index contributed by atoms with van der Waals surface area (Å²) in [5.41, 5.74) is 0. The maximum Gasteiger partial charge on any atom is 0.472 e. The van der Waals surface area contributed by atoms with Crippen LogP contribution in [0.1, 0.15) is 206 Å². The van der Waals surface area contributed by atoms with Gasteiger partial charge in [-0.25, -0.2) is 4.57 Å². The van der Waals surface area contributed by atoms with Crippen LogP contribution in [0.25, 0.3) is 0 Å². The highest BCUT2D eigenvalue weighted by Crippen LogP contribution is 2.47. The molecule has 6 unspecified atom stereocenters. The minimum Gasteiger partial charge on any atom is -0.457 e. The van der Waals surface area contributed by atoms with Gasteiger partial charge in [0, 0.05) is 13.0 Å². The van der Waals surface area contributed by atoms with E-state index in [4.69, 9.17) is 18.5 Å². The molecule has 344 valence electrons. The van der Waals surface area contributed by atoms with Gasteiger partial charge in [-0.2, -0.15) is 0 Å². The quantitative estimate of drug-likeness (QED) is 0.0148. The van der Waals surface area contributed by atoms with Crippen LogP contribution < -0.4 is 0 Å². The van der Waals surface area contributed by atoms with Crippen LogP contribution in [-0.2, 0) is 27.9 Å². The summed E-state index contributed by atoms with van der Waals surface area (Å²) in [5.74, 6) is -0.478. The number of aliphatic hydroxyl groups excluding tert-OH is 5. The molecule has 0 aromatic heterocycles. The van der Waals surface area contributed by atoms with Crippen LogP contribution in [-0.4, -0.2) is 98.9 Å². The van der Waals surface area contributed by atoms with Gasteiger partial charge in [-0.1, -0.05) is 174 Å². The summed E-state index contributed by atoms with van der Waals surface area (Å²) in [6.45, 7) is 4.27. The summed E-state index contributed by atoms with van der Waals surface area (Å²) in [6.07, 6.45) is 27.0. The number of carbonyl (C=O) groups is 1. The fourth-order valence-electron chi connectivity index (χ4n) is 7.35. The van der Waals surface area contributed by atoms with Gasteiger partial charge in [-0.3, -0.25) is 13.8 Å². The van der Waals surface area contributed by atoms with Gasteiger partial charge in [0.1, 0.15) is 42.7 Å². The van der Waals surface area contributed by atoms with E-state index < -0.39 is 63.1 Å². The number of rotatable bonds is 40. The summed E-state index contributed by atoms with van der Waals surface area (Å²) in [5, 5.41) is 50.2. The van der Waals surface area contributed by atoms with E-state index in [1.165, 1.54) is 135 Å². The first-order chi connectivity index (χ1) is 28.0. The van der Waals surface area contributed by atoms with Crippen LogP contribution >= 0.6 is 7.82 Å². The number of phosphoric acid groups is 1.